The summed E-state index contributed by atoms with van der Waals surface area (Å²) in [7, 11) is 1.61. The molecule has 2 heterocycles. The van der Waals surface area contributed by atoms with Crippen molar-refractivity contribution in [1.29, 1.82) is 0 Å². The maximum atomic E-state index is 12.7. The van der Waals surface area contributed by atoms with Gasteiger partial charge in [0, 0.05) is 10.9 Å². The first-order valence-electron chi connectivity index (χ1n) is 9.17. The zero-order valence-electron chi connectivity index (χ0n) is 16.4. The molecule has 1 atom stereocenters. The number of thioether (sulfide) groups is 1. The highest BCUT2D eigenvalue weighted by Crippen LogP contribution is 2.30. The van der Waals surface area contributed by atoms with Gasteiger partial charge in [-0.1, -0.05) is 54.2 Å². The molecule has 152 valence electrons. The molecule has 0 fully saturated rings. The van der Waals surface area contributed by atoms with E-state index in [4.69, 9.17) is 4.74 Å². The minimum atomic E-state index is -0.397. The average Bonchev–Trinajstić information content (AvgIpc) is 3.44. The number of benzene rings is 2. The van der Waals surface area contributed by atoms with Crippen molar-refractivity contribution in [3.05, 3.63) is 66.3 Å². The van der Waals surface area contributed by atoms with Crippen molar-refractivity contribution >= 4 is 34.1 Å². The van der Waals surface area contributed by atoms with Crippen molar-refractivity contribution in [2.24, 2.45) is 0 Å². The number of para-hydroxylation sites is 2. The van der Waals surface area contributed by atoms with Crippen molar-refractivity contribution in [3.63, 3.8) is 0 Å². The summed E-state index contributed by atoms with van der Waals surface area (Å²) in [6.45, 7) is 1.83. The normalized spacial score (nSPS) is 11.8. The van der Waals surface area contributed by atoms with E-state index < -0.39 is 5.25 Å². The van der Waals surface area contributed by atoms with Gasteiger partial charge in [0.1, 0.15) is 12.1 Å². The van der Waals surface area contributed by atoms with Gasteiger partial charge in [-0.3, -0.25) is 9.36 Å². The number of carbonyl (C=O) groups is 1. The molecule has 0 spiro atoms. The van der Waals surface area contributed by atoms with Gasteiger partial charge in [-0.05, 0) is 19.1 Å². The first kappa shape index (κ1) is 20.1. The highest BCUT2D eigenvalue weighted by atomic mass is 32.2. The van der Waals surface area contributed by atoms with Gasteiger partial charge in [0.25, 0.3) is 0 Å². The fourth-order valence-corrected chi connectivity index (χ4v) is 4.35. The van der Waals surface area contributed by atoms with E-state index in [1.165, 1.54) is 23.1 Å². The van der Waals surface area contributed by atoms with Crippen LogP contribution in [0, 0.1) is 0 Å². The van der Waals surface area contributed by atoms with Crippen LogP contribution in [0.5, 0.6) is 5.75 Å². The number of aromatic nitrogens is 4. The molecule has 0 aliphatic carbocycles. The van der Waals surface area contributed by atoms with Gasteiger partial charge in [0.2, 0.25) is 5.91 Å². The number of hydrogen-bond donors (Lipinski definition) is 1. The molecule has 0 unspecified atom stereocenters. The first-order chi connectivity index (χ1) is 14.7. The molecule has 0 saturated carbocycles. The lowest BCUT2D eigenvalue weighted by Crippen LogP contribution is -2.22. The van der Waals surface area contributed by atoms with E-state index >= 15 is 0 Å². The van der Waals surface area contributed by atoms with Crippen molar-refractivity contribution < 1.29 is 9.53 Å². The van der Waals surface area contributed by atoms with Gasteiger partial charge in [-0.2, -0.15) is 0 Å². The van der Waals surface area contributed by atoms with Crippen LogP contribution in [0.2, 0.25) is 0 Å². The molecule has 4 aromatic rings. The Kier molecular flexibility index (Phi) is 6.10. The molecule has 0 saturated heterocycles. The van der Waals surface area contributed by atoms with Gasteiger partial charge < -0.3 is 10.1 Å². The van der Waals surface area contributed by atoms with E-state index in [1.54, 1.807) is 13.4 Å². The third kappa shape index (κ3) is 4.37. The summed E-state index contributed by atoms with van der Waals surface area (Å²) >= 11 is 2.72. The molecule has 4 rings (SSSR count). The summed E-state index contributed by atoms with van der Waals surface area (Å²) < 4.78 is 7.23. The van der Waals surface area contributed by atoms with Crippen LogP contribution >= 0.6 is 23.1 Å². The molecule has 1 amide bonds. The van der Waals surface area contributed by atoms with Crippen LogP contribution in [0.25, 0.3) is 16.9 Å². The predicted octanol–water partition coefficient (Wildman–Crippen LogP) is 4.52. The van der Waals surface area contributed by atoms with Crippen molar-refractivity contribution in [2.45, 2.75) is 17.3 Å². The van der Waals surface area contributed by atoms with Crippen LogP contribution in [0.4, 0.5) is 5.13 Å². The number of nitrogens with one attached hydrogen (secondary N) is 1. The molecule has 0 bridgehead atoms. The summed E-state index contributed by atoms with van der Waals surface area (Å²) in [4.78, 5) is 17.2. The number of methoxy groups -OCH3 is 1. The number of amides is 1. The van der Waals surface area contributed by atoms with E-state index in [0.717, 1.165) is 16.9 Å². The molecule has 0 aliphatic rings. The SMILES string of the molecule is COc1ccccc1-n1cnnc1S[C@@H](C)C(=O)Nc1nc(-c2ccccc2)cs1. The summed E-state index contributed by atoms with van der Waals surface area (Å²) in [5, 5.41) is 13.8. The predicted molar refractivity (Wildman–Crippen MR) is 119 cm³/mol. The van der Waals surface area contributed by atoms with Gasteiger partial charge in [-0.25, -0.2) is 4.98 Å². The zero-order chi connectivity index (χ0) is 20.9. The van der Waals surface area contributed by atoms with Crippen molar-refractivity contribution in [2.75, 3.05) is 12.4 Å². The quantitative estimate of drug-likeness (QED) is 0.428. The highest BCUT2D eigenvalue weighted by molar-refractivity contribution is 8.00. The summed E-state index contributed by atoms with van der Waals surface area (Å²) in [5.41, 5.74) is 2.67. The first-order valence-corrected chi connectivity index (χ1v) is 10.9. The zero-order valence-corrected chi connectivity index (χ0v) is 18.0. The van der Waals surface area contributed by atoms with Crippen LogP contribution in [0.3, 0.4) is 0 Å². The molecular formula is C21H19N5O2S2. The van der Waals surface area contributed by atoms with E-state index in [1.807, 2.05) is 71.5 Å². The molecule has 1 N–H and O–H groups in total. The number of thiazole rings is 1. The molecule has 9 heteroatoms. The second kappa shape index (κ2) is 9.10. The average molecular weight is 438 g/mol. The molecule has 0 aliphatic heterocycles. The molecule has 0 radical (unpaired) electrons. The maximum absolute atomic E-state index is 12.7. The Morgan fingerprint density at radius 2 is 1.93 bits per heavy atom. The third-order valence-electron chi connectivity index (χ3n) is 4.32. The Bertz CT molecular complexity index is 1140. The second-order valence-electron chi connectivity index (χ2n) is 6.31. The van der Waals surface area contributed by atoms with Crippen molar-refractivity contribution in [1.82, 2.24) is 19.7 Å². The Morgan fingerprint density at radius 3 is 2.73 bits per heavy atom. The molecule has 7 nitrogen and oxygen atoms in total. The summed E-state index contributed by atoms with van der Waals surface area (Å²) in [5.74, 6) is 0.552. The number of nitrogens with zero attached hydrogens (tertiary/aromatic N) is 4. The van der Waals surface area contributed by atoms with E-state index in [2.05, 4.69) is 20.5 Å². The summed E-state index contributed by atoms with van der Waals surface area (Å²) in [6.07, 6.45) is 1.61. The lowest BCUT2D eigenvalue weighted by atomic mass is 10.2. The highest BCUT2D eigenvalue weighted by Gasteiger charge is 2.20. The fourth-order valence-electron chi connectivity index (χ4n) is 2.79. The maximum Gasteiger partial charge on any atom is 0.239 e. The van der Waals surface area contributed by atoms with Crippen LogP contribution in [-0.4, -0.2) is 38.0 Å². The van der Waals surface area contributed by atoms with E-state index in [-0.39, 0.29) is 5.91 Å². The van der Waals surface area contributed by atoms with Gasteiger partial charge >= 0.3 is 0 Å². The standard InChI is InChI=1S/C21H19N5O2S2/c1-14(19(27)24-20-23-16(12-29-20)15-8-4-3-5-9-15)30-21-25-22-13-26(21)17-10-6-7-11-18(17)28-2/h3-14H,1-2H3,(H,23,24,27)/t14-/m0/s1. The topological polar surface area (TPSA) is 81.9 Å². The number of ether oxygens (including phenoxy) is 1. The number of carbonyl (C=O) groups excluding carboxylic acids is 1. The smallest absolute Gasteiger partial charge is 0.239 e. The number of rotatable bonds is 7. The van der Waals surface area contributed by atoms with E-state index in [0.29, 0.717) is 16.0 Å². The molecule has 2 aromatic carbocycles. The molecule has 2 aromatic heterocycles. The molecular weight excluding hydrogens is 418 g/mol. The minimum absolute atomic E-state index is 0.150. The Labute approximate surface area is 182 Å². The van der Waals surface area contributed by atoms with Crippen LogP contribution in [-0.2, 0) is 4.79 Å². The third-order valence-corrected chi connectivity index (χ3v) is 6.13. The van der Waals surface area contributed by atoms with Gasteiger partial charge in [0.15, 0.2) is 10.3 Å². The van der Waals surface area contributed by atoms with Gasteiger partial charge in [-0.15, -0.1) is 21.5 Å². The monoisotopic (exact) mass is 437 g/mol. The Balaban J connectivity index is 1.45. The second-order valence-corrected chi connectivity index (χ2v) is 8.47. The van der Waals surface area contributed by atoms with Gasteiger partial charge in [0.05, 0.1) is 23.7 Å². The molecule has 30 heavy (non-hydrogen) atoms. The van der Waals surface area contributed by atoms with Crippen LogP contribution < -0.4 is 10.1 Å². The largest absolute Gasteiger partial charge is 0.495 e. The van der Waals surface area contributed by atoms with Crippen molar-refractivity contribution in [3.8, 4) is 22.7 Å². The minimum Gasteiger partial charge on any atom is -0.495 e. The summed E-state index contributed by atoms with van der Waals surface area (Å²) in [6, 6.07) is 17.5. The number of hydrogen-bond acceptors (Lipinski definition) is 7. The Hall–Kier alpha value is -3.17. The van der Waals surface area contributed by atoms with Crippen LogP contribution in [0.15, 0.2) is 71.5 Å². The lowest BCUT2D eigenvalue weighted by molar-refractivity contribution is -0.115. The van der Waals surface area contributed by atoms with Crippen LogP contribution in [0.1, 0.15) is 6.92 Å². The Morgan fingerprint density at radius 1 is 1.17 bits per heavy atom. The lowest BCUT2D eigenvalue weighted by Gasteiger charge is -2.13. The number of anilines is 1. The van der Waals surface area contributed by atoms with E-state index in [9.17, 15) is 4.79 Å². The fraction of sp³-hybridized carbons (Fsp3) is 0.143.